The summed E-state index contributed by atoms with van der Waals surface area (Å²) in [5.74, 6) is 0. The smallest absolute Gasteiger partial charge is 0.261 e. The summed E-state index contributed by atoms with van der Waals surface area (Å²) in [6.07, 6.45) is 0. The third kappa shape index (κ3) is 2.67. The first-order chi connectivity index (χ1) is 9.75. The zero-order valence-electron chi connectivity index (χ0n) is 11.2. The molecule has 0 aliphatic carbocycles. The molecule has 0 radical (unpaired) electrons. The van der Waals surface area contributed by atoms with Gasteiger partial charge < -0.3 is 4.52 Å². The van der Waals surface area contributed by atoms with Crippen LogP contribution in [0.5, 0.6) is 0 Å². The van der Waals surface area contributed by atoms with E-state index >= 15 is 0 Å². The van der Waals surface area contributed by atoms with E-state index in [1.807, 2.05) is 72.8 Å². The van der Waals surface area contributed by atoms with Crippen LogP contribution in [0.2, 0.25) is 0 Å². The predicted octanol–water partition coefficient (Wildman–Crippen LogP) is 2.53. The minimum Gasteiger partial charge on any atom is -0.325 e. The van der Waals surface area contributed by atoms with Crippen molar-refractivity contribution in [1.82, 2.24) is 0 Å². The standard InChI is InChI=1S/C17H15O2P.BH3/c1-19-20(18,15-10-3-2-4-11-15)17-13-7-9-14-8-5-6-12-16(14)17;/h2-13H,1H3;1H3. The van der Waals surface area contributed by atoms with Crippen LogP contribution in [0.25, 0.3) is 10.8 Å². The average molecular weight is 296 g/mol. The average Bonchev–Trinajstić information content (AvgIpc) is 2.54. The summed E-state index contributed by atoms with van der Waals surface area (Å²) in [7, 11) is -1.54. The zero-order valence-corrected chi connectivity index (χ0v) is 12.1. The van der Waals surface area contributed by atoms with Gasteiger partial charge in [-0.15, -0.1) is 0 Å². The molecule has 3 aromatic carbocycles. The van der Waals surface area contributed by atoms with Crippen molar-refractivity contribution in [2.45, 2.75) is 0 Å². The van der Waals surface area contributed by atoms with Crippen LogP contribution in [0.3, 0.4) is 0 Å². The van der Waals surface area contributed by atoms with Gasteiger partial charge >= 0.3 is 0 Å². The molecule has 4 heteroatoms. The van der Waals surface area contributed by atoms with Crippen molar-refractivity contribution in [3.63, 3.8) is 0 Å². The third-order valence-electron chi connectivity index (χ3n) is 3.44. The normalized spacial score (nSPS) is 13.4. The maximum atomic E-state index is 13.4. The molecule has 1 unspecified atom stereocenters. The molecule has 3 rings (SSSR count). The fraction of sp³-hybridized carbons (Fsp3) is 0.0588. The summed E-state index contributed by atoms with van der Waals surface area (Å²) < 4.78 is 18.9. The quantitative estimate of drug-likeness (QED) is 0.548. The van der Waals surface area contributed by atoms with Crippen molar-refractivity contribution >= 4 is 37.2 Å². The van der Waals surface area contributed by atoms with Gasteiger partial charge in [-0.25, -0.2) is 0 Å². The Morgan fingerprint density at radius 2 is 1.43 bits per heavy atom. The predicted molar refractivity (Wildman–Crippen MR) is 94.2 cm³/mol. The van der Waals surface area contributed by atoms with Crippen molar-refractivity contribution in [1.29, 1.82) is 0 Å². The second-order valence-electron chi connectivity index (χ2n) is 4.57. The second-order valence-corrected chi connectivity index (χ2v) is 7.03. The Bertz CT molecular complexity index is 782. The number of hydrogen-bond donors (Lipinski definition) is 0. The molecule has 0 saturated heterocycles. The van der Waals surface area contributed by atoms with E-state index in [1.165, 1.54) is 7.11 Å². The summed E-state index contributed by atoms with van der Waals surface area (Å²) in [5.41, 5.74) is 0. The fourth-order valence-electron chi connectivity index (χ4n) is 2.43. The van der Waals surface area contributed by atoms with Crippen LogP contribution in [0.1, 0.15) is 0 Å². The van der Waals surface area contributed by atoms with Crippen LogP contribution >= 0.6 is 7.37 Å². The number of rotatable bonds is 3. The molecule has 0 saturated carbocycles. The summed E-state index contributed by atoms with van der Waals surface area (Å²) in [6.45, 7) is 0. The third-order valence-corrected chi connectivity index (χ3v) is 5.95. The molecule has 0 amide bonds. The first-order valence-electron chi connectivity index (χ1n) is 6.45. The highest BCUT2D eigenvalue weighted by atomic mass is 31.2. The van der Waals surface area contributed by atoms with E-state index in [4.69, 9.17) is 4.52 Å². The zero-order chi connectivity index (χ0) is 14.0. The largest absolute Gasteiger partial charge is 0.325 e. The van der Waals surface area contributed by atoms with E-state index in [-0.39, 0.29) is 8.41 Å². The Labute approximate surface area is 126 Å². The van der Waals surface area contributed by atoms with E-state index in [0.29, 0.717) is 0 Å². The van der Waals surface area contributed by atoms with Crippen molar-refractivity contribution in [3.8, 4) is 0 Å². The van der Waals surface area contributed by atoms with Gasteiger partial charge in [-0.1, -0.05) is 54.6 Å². The van der Waals surface area contributed by atoms with Gasteiger partial charge in [0.15, 0.2) is 0 Å². The van der Waals surface area contributed by atoms with Gasteiger partial charge in [0.05, 0.1) is 8.41 Å². The molecule has 0 aliphatic heterocycles. The molecule has 3 aromatic rings. The van der Waals surface area contributed by atoms with Gasteiger partial charge in [0.2, 0.25) is 0 Å². The minimum absolute atomic E-state index is 0. The van der Waals surface area contributed by atoms with Crippen molar-refractivity contribution in [3.05, 3.63) is 72.8 Å². The summed E-state index contributed by atoms with van der Waals surface area (Å²) >= 11 is 0. The molecule has 0 heterocycles. The number of hydrogen-bond acceptors (Lipinski definition) is 2. The highest BCUT2D eigenvalue weighted by Crippen LogP contribution is 2.45. The first-order valence-corrected chi connectivity index (χ1v) is 8.08. The van der Waals surface area contributed by atoms with E-state index in [1.54, 1.807) is 0 Å². The van der Waals surface area contributed by atoms with Gasteiger partial charge in [-0.3, -0.25) is 4.57 Å². The number of benzene rings is 3. The molecule has 1 atom stereocenters. The molecule has 0 fully saturated rings. The van der Waals surface area contributed by atoms with Gasteiger partial charge in [-0.2, -0.15) is 0 Å². The van der Waals surface area contributed by atoms with Crippen molar-refractivity contribution in [2.75, 3.05) is 7.11 Å². The lowest BCUT2D eigenvalue weighted by molar-refractivity contribution is 0.412. The van der Waals surface area contributed by atoms with E-state index in [2.05, 4.69) is 0 Å². The molecule has 0 bridgehead atoms. The van der Waals surface area contributed by atoms with Gasteiger partial charge in [0, 0.05) is 17.7 Å². The molecule has 0 spiro atoms. The van der Waals surface area contributed by atoms with Crippen LogP contribution in [-0.2, 0) is 9.09 Å². The monoisotopic (exact) mass is 296 g/mol. The molecule has 106 valence electrons. The molecule has 21 heavy (non-hydrogen) atoms. The van der Waals surface area contributed by atoms with Crippen LogP contribution in [-0.4, -0.2) is 15.5 Å². The highest BCUT2D eigenvalue weighted by molar-refractivity contribution is 7.74. The van der Waals surface area contributed by atoms with E-state index in [0.717, 1.165) is 21.4 Å². The van der Waals surface area contributed by atoms with E-state index < -0.39 is 7.37 Å². The van der Waals surface area contributed by atoms with Gasteiger partial charge in [-0.05, 0) is 29.0 Å². The lowest BCUT2D eigenvalue weighted by atomic mass is 10.1. The Kier molecular flexibility index (Phi) is 4.67. The molecule has 0 N–H and O–H groups in total. The fourth-order valence-corrected chi connectivity index (χ4v) is 4.49. The van der Waals surface area contributed by atoms with Gasteiger partial charge in [0.25, 0.3) is 7.37 Å². The SMILES string of the molecule is B.COP(=O)(c1ccccc1)c1cccc2ccccc12. The second kappa shape index (κ2) is 6.30. The summed E-state index contributed by atoms with van der Waals surface area (Å²) in [4.78, 5) is 0. The Balaban J connectivity index is 0.00000161. The Morgan fingerprint density at radius 3 is 2.14 bits per heavy atom. The lowest BCUT2D eigenvalue weighted by Gasteiger charge is -2.18. The minimum atomic E-state index is -3.05. The summed E-state index contributed by atoms with van der Waals surface area (Å²) in [5, 5.41) is 3.52. The maximum absolute atomic E-state index is 13.4. The van der Waals surface area contributed by atoms with Crippen molar-refractivity contribution < 1.29 is 9.09 Å². The molecular formula is C17H18BO2P. The maximum Gasteiger partial charge on any atom is 0.261 e. The first kappa shape index (κ1) is 15.6. The van der Waals surface area contributed by atoms with Crippen LogP contribution < -0.4 is 10.6 Å². The molecular weight excluding hydrogens is 278 g/mol. The number of fused-ring (bicyclic) bond motifs is 1. The highest BCUT2D eigenvalue weighted by Gasteiger charge is 2.28. The van der Waals surface area contributed by atoms with Crippen LogP contribution in [0, 0.1) is 0 Å². The Hall–Kier alpha value is -1.83. The summed E-state index contributed by atoms with van der Waals surface area (Å²) in [6, 6.07) is 23.1. The van der Waals surface area contributed by atoms with Crippen molar-refractivity contribution in [2.24, 2.45) is 0 Å². The molecule has 2 nitrogen and oxygen atoms in total. The van der Waals surface area contributed by atoms with E-state index in [9.17, 15) is 4.57 Å². The lowest BCUT2D eigenvalue weighted by Crippen LogP contribution is -2.17. The van der Waals surface area contributed by atoms with Gasteiger partial charge in [0.1, 0.15) is 0 Å². The topological polar surface area (TPSA) is 26.3 Å². The molecule has 0 aliphatic rings. The van der Waals surface area contributed by atoms with Crippen LogP contribution in [0.4, 0.5) is 0 Å². The molecule has 0 aromatic heterocycles. The Morgan fingerprint density at radius 1 is 0.810 bits per heavy atom. The van der Waals surface area contributed by atoms with Crippen LogP contribution in [0.15, 0.2) is 72.8 Å².